The molecule has 33 heavy (non-hydrogen) atoms. The third-order valence-corrected chi connectivity index (χ3v) is 11.6. The van der Waals surface area contributed by atoms with E-state index >= 15 is 0 Å². The molecule has 1 heterocycles. The van der Waals surface area contributed by atoms with E-state index in [-0.39, 0.29) is 11.3 Å². The number of para-hydroxylation sites is 1. The smallest absolute Gasteiger partial charge is 0.158 e. The van der Waals surface area contributed by atoms with Crippen molar-refractivity contribution in [1.29, 1.82) is 0 Å². The third kappa shape index (κ3) is 2.85. The van der Waals surface area contributed by atoms with Gasteiger partial charge < -0.3 is 0 Å². The zero-order chi connectivity index (χ0) is 22.5. The van der Waals surface area contributed by atoms with E-state index in [0.717, 1.165) is 58.4 Å². The highest BCUT2D eigenvalue weighted by Gasteiger charge is 2.73. The molecule has 4 heteroatoms. The van der Waals surface area contributed by atoms with Crippen molar-refractivity contribution in [2.75, 3.05) is 0 Å². The Morgan fingerprint density at radius 1 is 1.03 bits per heavy atom. The molecule has 0 amide bonds. The van der Waals surface area contributed by atoms with Crippen LogP contribution in [0.5, 0.6) is 0 Å². The van der Waals surface area contributed by atoms with E-state index in [1.165, 1.54) is 44.9 Å². The second-order valence-electron chi connectivity index (χ2n) is 13.0. The summed E-state index contributed by atoms with van der Waals surface area (Å²) in [6.07, 6.45) is 9.93. The van der Waals surface area contributed by atoms with Crippen molar-refractivity contribution in [2.24, 2.45) is 64.6 Å². The number of fused-ring (bicyclic) bond motifs is 8. The Balaban J connectivity index is 1.17. The molecule has 5 fully saturated rings. The summed E-state index contributed by atoms with van der Waals surface area (Å²) in [6, 6.07) is 8.03. The molecule has 0 bridgehead atoms. The quantitative estimate of drug-likeness (QED) is 0.581. The molecule has 11 atom stereocenters. The maximum atomic E-state index is 13.9. The van der Waals surface area contributed by atoms with Crippen LogP contribution in [0, 0.1) is 64.6 Å². The van der Waals surface area contributed by atoms with Crippen molar-refractivity contribution in [2.45, 2.75) is 72.3 Å². The Morgan fingerprint density at radius 2 is 1.85 bits per heavy atom. The van der Waals surface area contributed by atoms with E-state index in [0.29, 0.717) is 18.2 Å². The average Bonchev–Trinajstić information content (AvgIpc) is 3.15. The molecule has 5 aliphatic carbocycles. The summed E-state index contributed by atoms with van der Waals surface area (Å²) >= 11 is 0. The minimum Gasteiger partial charge on any atom is -0.297 e. The number of nitrogens with zero attached hydrogens (tertiary/aromatic N) is 3. The van der Waals surface area contributed by atoms with Crippen LogP contribution >= 0.6 is 0 Å². The number of carbonyl (C=O) groups is 1. The topological polar surface area (TPSA) is 47.8 Å². The number of aromatic nitrogens is 3. The highest BCUT2D eigenvalue weighted by Crippen LogP contribution is 2.76. The molecule has 5 aliphatic rings. The molecule has 7 rings (SSSR count). The van der Waals surface area contributed by atoms with Gasteiger partial charge in [0.15, 0.2) is 5.78 Å². The first kappa shape index (κ1) is 20.6. The van der Waals surface area contributed by atoms with Crippen LogP contribution in [0.4, 0.5) is 0 Å². The molecule has 2 unspecified atom stereocenters. The molecule has 0 saturated heterocycles. The molecule has 0 spiro atoms. The van der Waals surface area contributed by atoms with E-state index in [2.05, 4.69) is 31.1 Å². The Bertz CT molecular complexity index is 1090. The van der Waals surface area contributed by atoms with Gasteiger partial charge in [-0.25, -0.2) is 4.68 Å². The van der Waals surface area contributed by atoms with Crippen molar-refractivity contribution in [3.8, 4) is 0 Å². The summed E-state index contributed by atoms with van der Waals surface area (Å²) in [5, 5.41) is 8.65. The van der Waals surface area contributed by atoms with E-state index in [1.807, 2.05) is 28.9 Å². The lowest BCUT2D eigenvalue weighted by atomic mass is 9.47. The Morgan fingerprint density at radius 3 is 2.73 bits per heavy atom. The first-order valence-electron chi connectivity index (χ1n) is 13.8. The Kier molecular flexibility index (Phi) is 4.47. The molecule has 2 aromatic rings. The van der Waals surface area contributed by atoms with Gasteiger partial charge in [-0.15, -0.1) is 5.10 Å². The first-order chi connectivity index (χ1) is 16.0. The van der Waals surface area contributed by atoms with E-state index in [1.54, 1.807) is 0 Å². The normalized spacial score (nSPS) is 48.0. The van der Waals surface area contributed by atoms with E-state index in [4.69, 9.17) is 0 Å². The molecule has 1 aromatic heterocycles. The van der Waals surface area contributed by atoms with Gasteiger partial charge in [0.05, 0.1) is 5.52 Å². The highest BCUT2D eigenvalue weighted by atomic mass is 16.1. The van der Waals surface area contributed by atoms with Crippen LogP contribution < -0.4 is 0 Å². The van der Waals surface area contributed by atoms with Gasteiger partial charge in [-0.3, -0.25) is 4.79 Å². The van der Waals surface area contributed by atoms with Gasteiger partial charge in [-0.2, -0.15) is 0 Å². The van der Waals surface area contributed by atoms with Crippen molar-refractivity contribution < 1.29 is 4.79 Å². The Hall–Kier alpha value is -1.71. The van der Waals surface area contributed by atoms with Gasteiger partial charge in [0.1, 0.15) is 12.1 Å². The lowest BCUT2D eigenvalue weighted by Crippen LogP contribution is -2.51. The van der Waals surface area contributed by atoms with Crippen LogP contribution in [-0.2, 0) is 11.3 Å². The second-order valence-corrected chi connectivity index (χ2v) is 13.0. The third-order valence-electron chi connectivity index (χ3n) is 11.6. The van der Waals surface area contributed by atoms with Crippen molar-refractivity contribution in [3.05, 3.63) is 24.3 Å². The zero-order valence-electron chi connectivity index (χ0n) is 20.5. The van der Waals surface area contributed by atoms with Crippen LogP contribution in [0.1, 0.15) is 65.7 Å². The van der Waals surface area contributed by atoms with Crippen LogP contribution in [0.15, 0.2) is 24.3 Å². The van der Waals surface area contributed by atoms with Crippen LogP contribution in [0.2, 0.25) is 0 Å². The number of rotatable bonds is 3. The highest BCUT2D eigenvalue weighted by molar-refractivity contribution is 5.85. The minimum atomic E-state index is 0.200. The first-order valence-corrected chi connectivity index (χ1v) is 13.8. The van der Waals surface area contributed by atoms with Crippen LogP contribution in [0.25, 0.3) is 11.0 Å². The monoisotopic (exact) mass is 445 g/mol. The molecule has 4 nitrogen and oxygen atoms in total. The predicted octanol–water partition coefficient (Wildman–Crippen LogP) is 6.01. The van der Waals surface area contributed by atoms with Crippen molar-refractivity contribution in [1.82, 2.24) is 15.0 Å². The zero-order valence-corrected chi connectivity index (χ0v) is 20.5. The Labute approximate surface area is 197 Å². The molecule has 0 radical (unpaired) electrons. The number of carbonyl (C=O) groups excluding carboxylic acids is 1. The summed E-state index contributed by atoms with van der Waals surface area (Å²) in [6.45, 7) is 7.82. The number of benzene rings is 1. The molecule has 0 N–H and O–H groups in total. The molecular weight excluding hydrogens is 406 g/mol. The van der Waals surface area contributed by atoms with Crippen molar-refractivity contribution >= 4 is 16.8 Å². The summed E-state index contributed by atoms with van der Waals surface area (Å²) in [7, 11) is 0. The van der Waals surface area contributed by atoms with E-state index in [9.17, 15) is 4.79 Å². The van der Waals surface area contributed by atoms with Gasteiger partial charge >= 0.3 is 0 Å². The summed E-state index contributed by atoms with van der Waals surface area (Å²) in [5.41, 5.74) is 2.07. The lowest BCUT2D eigenvalue weighted by molar-refractivity contribution is -0.135. The summed E-state index contributed by atoms with van der Waals surface area (Å²) in [5.74, 6) is 8.28. The van der Waals surface area contributed by atoms with Crippen LogP contribution in [-0.4, -0.2) is 20.8 Å². The second kappa shape index (κ2) is 7.15. The van der Waals surface area contributed by atoms with Gasteiger partial charge in [-0.05, 0) is 109 Å². The van der Waals surface area contributed by atoms with E-state index < -0.39 is 0 Å². The van der Waals surface area contributed by atoms with Crippen LogP contribution in [0.3, 0.4) is 0 Å². The van der Waals surface area contributed by atoms with Gasteiger partial charge in [0.2, 0.25) is 0 Å². The largest absolute Gasteiger partial charge is 0.297 e. The summed E-state index contributed by atoms with van der Waals surface area (Å²) in [4.78, 5) is 13.9. The van der Waals surface area contributed by atoms with Gasteiger partial charge in [-0.1, -0.05) is 44.5 Å². The molecule has 5 saturated carbocycles. The molecule has 176 valence electrons. The fourth-order valence-corrected chi connectivity index (χ4v) is 10.4. The number of ketones is 1. The molecule has 0 aliphatic heterocycles. The van der Waals surface area contributed by atoms with Gasteiger partial charge in [0.25, 0.3) is 0 Å². The van der Waals surface area contributed by atoms with Crippen molar-refractivity contribution in [3.63, 3.8) is 0 Å². The number of hydrogen-bond acceptors (Lipinski definition) is 3. The lowest BCUT2D eigenvalue weighted by Gasteiger charge is -2.57. The standard InChI is InChI=1S/C29H39N3O/c1-16-8-10-19-18(14-16)9-11-21-20(19)12-13-29(3)27(21)25-17(2)26(25)28(29)24(33)15-32-23-7-5-4-6-22(23)30-31-32/h4-7,16-21,25-28H,8-15H2,1-3H3/t16-,17-,18+,19-,20?,21+,25+,26-,27?,28-,29-/m0/s1. The minimum absolute atomic E-state index is 0.200. The average molecular weight is 446 g/mol. The summed E-state index contributed by atoms with van der Waals surface area (Å²) < 4.78 is 1.86. The fraction of sp³-hybridized carbons (Fsp3) is 0.759. The maximum Gasteiger partial charge on any atom is 0.158 e. The fourth-order valence-electron chi connectivity index (χ4n) is 10.4. The predicted molar refractivity (Wildman–Crippen MR) is 129 cm³/mol. The molecule has 1 aromatic carbocycles. The molecular formula is C29H39N3O. The number of Topliss-reactive ketones (excluding diaryl/α,β-unsaturated/α-hetero) is 1. The van der Waals surface area contributed by atoms with Gasteiger partial charge in [0, 0.05) is 5.92 Å². The number of hydrogen-bond donors (Lipinski definition) is 0. The maximum absolute atomic E-state index is 13.9. The SMILES string of the molecule is C[C@H]1CC[C@@H]2C3CC[C@@]4(C)C([C@@H]3CC[C@@H]2C1)[C@@H]1[C@H](C)[C@@H]1[C@@H]4C(=O)Cn1nnc2ccccc21.